The Kier molecular flexibility index (Phi) is 3.15. The highest BCUT2D eigenvalue weighted by atomic mass is 15.2. The highest BCUT2D eigenvalue weighted by Crippen LogP contribution is 2.29. The Morgan fingerprint density at radius 3 is 2.18 bits per heavy atom. The van der Waals surface area contributed by atoms with Crippen LogP contribution in [0.4, 0.5) is 11.4 Å². The molecular weight excluding hydrogens is 208 g/mol. The zero-order valence-corrected chi connectivity index (χ0v) is 9.93. The van der Waals surface area contributed by atoms with Crippen molar-refractivity contribution in [2.24, 2.45) is 5.73 Å². The standard InChI is InChI=1S/C15H16N2/c1-12-8-6-7-11-15(12)17(13(2)16)14-9-4-3-5-10-14/h3-11H,2,16H2,1H3. The molecule has 2 rings (SSSR count). The van der Waals surface area contributed by atoms with Crippen molar-refractivity contribution in [3.63, 3.8) is 0 Å². The van der Waals surface area contributed by atoms with Gasteiger partial charge in [-0.05, 0) is 30.7 Å². The summed E-state index contributed by atoms with van der Waals surface area (Å²) in [5.41, 5.74) is 9.15. The van der Waals surface area contributed by atoms with Gasteiger partial charge in [0.05, 0.1) is 5.69 Å². The van der Waals surface area contributed by atoms with E-state index in [4.69, 9.17) is 5.73 Å². The molecule has 0 aliphatic carbocycles. The molecule has 86 valence electrons. The molecule has 0 heterocycles. The molecule has 0 fully saturated rings. The van der Waals surface area contributed by atoms with E-state index < -0.39 is 0 Å². The van der Waals surface area contributed by atoms with Gasteiger partial charge in [-0.2, -0.15) is 0 Å². The SMILES string of the molecule is C=C(N)N(c1ccccc1)c1ccccc1C. The first-order valence-electron chi connectivity index (χ1n) is 5.55. The minimum Gasteiger partial charge on any atom is -0.385 e. The van der Waals surface area contributed by atoms with Gasteiger partial charge in [-0.25, -0.2) is 0 Å². The predicted molar refractivity (Wildman–Crippen MR) is 73.1 cm³/mol. The highest BCUT2D eigenvalue weighted by molar-refractivity contribution is 5.70. The minimum absolute atomic E-state index is 0.519. The van der Waals surface area contributed by atoms with Gasteiger partial charge in [0.25, 0.3) is 0 Å². The molecule has 2 N–H and O–H groups in total. The van der Waals surface area contributed by atoms with Crippen molar-refractivity contribution < 1.29 is 0 Å². The van der Waals surface area contributed by atoms with Crippen LogP contribution in [0.25, 0.3) is 0 Å². The molecule has 0 unspecified atom stereocenters. The molecule has 0 aliphatic heterocycles. The van der Waals surface area contributed by atoms with Crippen LogP contribution in [0.3, 0.4) is 0 Å². The van der Waals surface area contributed by atoms with Crippen LogP contribution in [0.15, 0.2) is 67.0 Å². The summed E-state index contributed by atoms with van der Waals surface area (Å²) in [5.74, 6) is 0.519. The molecule has 0 radical (unpaired) electrons. The summed E-state index contributed by atoms with van der Waals surface area (Å²) in [7, 11) is 0. The van der Waals surface area contributed by atoms with Crippen LogP contribution < -0.4 is 10.6 Å². The van der Waals surface area contributed by atoms with E-state index in [0.717, 1.165) is 11.4 Å². The maximum Gasteiger partial charge on any atom is 0.100 e. The average molecular weight is 224 g/mol. The van der Waals surface area contributed by atoms with Crippen LogP contribution in [0.2, 0.25) is 0 Å². The lowest BCUT2D eigenvalue weighted by molar-refractivity contribution is 1.12. The third kappa shape index (κ3) is 2.31. The van der Waals surface area contributed by atoms with E-state index >= 15 is 0 Å². The highest BCUT2D eigenvalue weighted by Gasteiger charge is 2.11. The predicted octanol–water partition coefficient (Wildman–Crippen LogP) is 3.56. The maximum atomic E-state index is 5.90. The lowest BCUT2D eigenvalue weighted by atomic mass is 10.1. The molecule has 2 heteroatoms. The molecule has 0 atom stereocenters. The fourth-order valence-electron chi connectivity index (χ4n) is 1.85. The molecule has 2 aromatic rings. The summed E-state index contributed by atoms with van der Waals surface area (Å²) < 4.78 is 0. The van der Waals surface area contributed by atoms with Crippen LogP contribution >= 0.6 is 0 Å². The Balaban J connectivity index is 2.51. The number of hydrogen-bond acceptors (Lipinski definition) is 2. The van der Waals surface area contributed by atoms with Crippen LogP contribution in [0, 0.1) is 6.92 Å². The van der Waals surface area contributed by atoms with Gasteiger partial charge in [-0.1, -0.05) is 43.0 Å². The summed E-state index contributed by atoms with van der Waals surface area (Å²) >= 11 is 0. The molecule has 0 aliphatic rings. The molecule has 0 bridgehead atoms. The zero-order valence-electron chi connectivity index (χ0n) is 9.93. The Morgan fingerprint density at radius 2 is 1.59 bits per heavy atom. The number of para-hydroxylation sites is 2. The van der Waals surface area contributed by atoms with Gasteiger partial charge in [-0.3, -0.25) is 4.90 Å². The van der Waals surface area contributed by atoms with Gasteiger partial charge in [0.15, 0.2) is 0 Å². The lowest BCUT2D eigenvalue weighted by Gasteiger charge is -2.25. The molecule has 0 aromatic heterocycles. The number of hydrogen-bond donors (Lipinski definition) is 1. The first-order valence-corrected chi connectivity index (χ1v) is 5.55. The molecule has 2 nitrogen and oxygen atoms in total. The van der Waals surface area contributed by atoms with Gasteiger partial charge < -0.3 is 5.73 Å². The molecule has 2 aromatic carbocycles. The smallest absolute Gasteiger partial charge is 0.100 e. The number of anilines is 2. The normalized spacial score (nSPS) is 9.94. The van der Waals surface area contributed by atoms with Gasteiger partial charge >= 0.3 is 0 Å². The van der Waals surface area contributed by atoms with Crippen molar-refractivity contribution in [3.8, 4) is 0 Å². The second-order valence-electron chi connectivity index (χ2n) is 3.95. The molecule has 0 saturated heterocycles. The summed E-state index contributed by atoms with van der Waals surface area (Å²) in [5, 5.41) is 0. The number of aryl methyl sites for hydroxylation is 1. The fraction of sp³-hybridized carbons (Fsp3) is 0.0667. The van der Waals surface area contributed by atoms with Gasteiger partial charge in [0.1, 0.15) is 5.82 Å². The number of rotatable bonds is 3. The number of nitrogens with zero attached hydrogens (tertiary/aromatic N) is 1. The quantitative estimate of drug-likeness (QED) is 0.863. The molecule has 17 heavy (non-hydrogen) atoms. The minimum atomic E-state index is 0.519. The van der Waals surface area contributed by atoms with Gasteiger partial charge in [-0.15, -0.1) is 0 Å². The zero-order chi connectivity index (χ0) is 12.3. The Bertz CT molecular complexity index is 517. The van der Waals surface area contributed by atoms with Crippen molar-refractivity contribution in [2.45, 2.75) is 6.92 Å². The molecule has 0 amide bonds. The van der Waals surface area contributed by atoms with Crippen molar-refractivity contribution in [1.29, 1.82) is 0 Å². The van der Waals surface area contributed by atoms with Crippen LogP contribution in [0.5, 0.6) is 0 Å². The van der Waals surface area contributed by atoms with Crippen LogP contribution in [-0.4, -0.2) is 0 Å². The van der Waals surface area contributed by atoms with Gasteiger partial charge in [0, 0.05) is 5.69 Å². The van der Waals surface area contributed by atoms with E-state index in [-0.39, 0.29) is 0 Å². The van der Waals surface area contributed by atoms with E-state index in [1.807, 2.05) is 53.4 Å². The third-order valence-electron chi connectivity index (χ3n) is 2.66. The lowest BCUT2D eigenvalue weighted by Crippen LogP contribution is -2.22. The van der Waals surface area contributed by atoms with E-state index in [9.17, 15) is 0 Å². The van der Waals surface area contributed by atoms with Crippen molar-refractivity contribution in [1.82, 2.24) is 0 Å². The van der Waals surface area contributed by atoms with Crippen LogP contribution in [0.1, 0.15) is 5.56 Å². The number of benzene rings is 2. The van der Waals surface area contributed by atoms with E-state index in [2.05, 4.69) is 19.6 Å². The van der Waals surface area contributed by atoms with E-state index in [1.54, 1.807) is 0 Å². The Hall–Kier alpha value is -2.22. The molecule has 0 spiro atoms. The largest absolute Gasteiger partial charge is 0.385 e. The van der Waals surface area contributed by atoms with Gasteiger partial charge in [0.2, 0.25) is 0 Å². The topological polar surface area (TPSA) is 29.3 Å². The Morgan fingerprint density at radius 1 is 1.00 bits per heavy atom. The maximum absolute atomic E-state index is 5.90. The van der Waals surface area contributed by atoms with E-state index in [0.29, 0.717) is 5.82 Å². The molecular formula is C15H16N2. The summed E-state index contributed by atoms with van der Waals surface area (Å²) in [6.07, 6.45) is 0. The van der Waals surface area contributed by atoms with E-state index in [1.165, 1.54) is 5.56 Å². The first kappa shape index (κ1) is 11.3. The second-order valence-corrected chi connectivity index (χ2v) is 3.95. The summed E-state index contributed by atoms with van der Waals surface area (Å²) in [6.45, 7) is 5.92. The Labute approximate surface area is 102 Å². The average Bonchev–Trinajstić information content (AvgIpc) is 2.33. The number of nitrogens with two attached hydrogens (primary N) is 1. The third-order valence-corrected chi connectivity index (χ3v) is 2.66. The first-order chi connectivity index (χ1) is 8.20. The summed E-state index contributed by atoms with van der Waals surface area (Å²) in [4.78, 5) is 1.95. The van der Waals surface area contributed by atoms with Crippen molar-refractivity contribution >= 4 is 11.4 Å². The van der Waals surface area contributed by atoms with Crippen molar-refractivity contribution in [3.05, 3.63) is 72.6 Å². The monoisotopic (exact) mass is 224 g/mol. The summed E-state index contributed by atoms with van der Waals surface area (Å²) in [6, 6.07) is 18.1. The second kappa shape index (κ2) is 4.74. The fourth-order valence-corrected chi connectivity index (χ4v) is 1.85. The van der Waals surface area contributed by atoms with Crippen molar-refractivity contribution in [2.75, 3.05) is 4.90 Å². The molecule has 0 saturated carbocycles. The van der Waals surface area contributed by atoms with Crippen LogP contribution in [-0.2, 0) is 0 Å².